The summed E-state index contributed by atoms with van der Waals surface area (Å²) in [5, 5.41) is 3.15. The van der Waals surface area contributed by atoms with Crippen molar-refractivity contribution in [2.45, 2.75) is 57.0 Å². The molecule has 5 heteroatoms. The Kier molecular flexibility index (Phi) is 4.28. The molecule has 2 amide bonds. The van der Waals surface area contributed by atoms with Crippen molar-refractivity contribution in [3.63, 3.8) is 0 Å². The lowest BCUT2D eigenvalue weighted by molar-refractivity contribution is -0.127. The fourth-order valence-corrected chi connectivity index (χ4v) is 3.65. The first kappa shape index (κ1) is 15.8. The van der Waals surface area contributed by atoms with Crippen LogP contribution in [0.3, 0.4) is 0 Å². The van der Waals surface area contributed by atoms with Crippen LogP contribution in [0.25, 0.3) is 0 Å². The average molecular weight is 316 g/mol. The number of benzene rings is 1. The normalized spacial score (nSPS) is 25.0. The van der Waals surface area contributed by atoms with E-state index in [9.17, 15) is 9.59 Å². The lowest BCUT2D eigenvalue weighted by Gasteiger charge is -2.35. The molecule has 3 rings (SSSR count). The van der Waals surface area contributed by atoms with E-state index in [0.29, 0.717) is 18.6 Å². The molecule has 0 bridgehead atoms. The second-order valence-corrected chi connectivity index (χ2v) is 6.66. The Morgan fingerprint density at radius 2 is 2.09 bits per heavy atom. The maximum atomic E-state index is 12.9. The predicted octanol–water partition coefficient (Wildman–Crippen LogP) is 2.64. The number of hydrogen-bond acceptors (Lipinski definition) is 3. The van der Waals surface area contributed by atoms with Gasteiger partial charge in [-0.15, -0.1) is 0 Å². The number of carbonyl (C=O) groups is 2. The van der Waals surface area contributed by atoms with Crippen LogP contribution in [-0.4, -0.2) is 30.5 Å². The number of nitrogens with one attached hydrogen (secondary N) is 1. The van der Waals surface area contributed by atoms with E-state index in [4.69, 9.17) is 4.74 Å². The van der Waals surface area contributed by atoms with Crippen LogP contribution >= 0.6 is 0 Å². The molecule has 0 aromatic heterocycles. The van der Waals surface area contributed by atoms with E-state index in [0.717, 1.165) is 18.5 Å². The second-order valence-electron chi connectivity index (χ2n) is 6.66. The highest BCUT2D eigenvalue weighted by Crippen LogP contribution is 2.37. The molecule has 0 spiro atoms. The summed E-state index contributed by atoms with van der Waals surface area (Å²) in [5.41, 5.74) is -0.109. The van der Waals surface area contributed by atoms with E-state index in [1.807, 2.05) is 31.2 Å². The minimum Gasteiger partial charge on any atom is -0.497 e. The van der Waals surface area contributed by atoms with Gasteiger partial charge in [0.2, 0.25) is 11.8 Å². The fraction of sp³-hybridized carbons (Fsp3) is 0.556. The quantitative estimate of drug-likeness (QED) is 0.929. The van der Waals surface area contributed by atoms with Gasteiger partial charge in [0.1, 0.15) is 11.3 Å². The summed E-state index contributed by atoms with van der Waals surface area (Å²) in [5.74, 6) is 0.626. The number of carbonyl (C=O) groups excluding carboxylic acids is 2. The van der Waals surface area contributed by atoms with Gasteiger partial charge in [-0.3, -0.25) is 14.5 Å². The summed E-state index contributed by atoms with van der Waals surface area (Å²) in [6.45, 7) is 1.86. The Morgan fingerprint density at radius 3 is 2.78 bits per heavy atom. The van der Waals surface area contributed by atoms with E-state index in [1.54, 1.807) is 12.0 Å². The number of nitrogens with zero attached hydrogens (tertiary/aromatic N) is 1. The number of ether oxygens (including phenoxy) is 1. The monoisotopic (exact) mass is 316 g/mol. The zero-order valence-electron chi connectivity index (χ0n) is 13.8. The molecule has 1 atom stereocenters. The van der Waals surface area contributed by atoms with Crippen molar-refractivity contribution in [3.8, 4) is 5.75 Å². The first-order chi connectivity index (χ1) is 11.0. The van der Waals surface area contributed by atoms with Gasteiger partial charge < -0.3 is 10.1 Å². The molecule has 1 aromatic carbocycles. The van der Waals surface area contributed by atoms with Crippen LogP contribution in [0.15, 0.2) is 24.3 Å². The first-order valence-corrected chi connectivity index (χ1v) is 8.33. The first-order valence-electron chi connectivity index (χ1n) is 8.33. The molecule has 1 aromatic rings. The molecule has 1 saturated carbocycles. The number of hydrogen-bond donors (Lipinski definition) is 1. The number of methoxy groups -OCH3 is 1. The third kappa shape index (κ3) is 2.92. The number of amides is 2. The Hall–Kier alpha value is -2.04. The van der Waals surface area contributed by atoms with E-state index in [2.05, 4.69) is 5.32 Å². The van der Waals surface area contributed by atoms with Gasteiger partial charge in [-0.25, -0.2) is 0 Å². The maximum absolute atomic E-state index is 12.9. The summed E-state index contributed by atoms with van der Waals surface area (Å²) >= 11 is 0. The van der Waals surface area contributed by atoms with E-state index in [-0.39, 0.29) is 17.9 Å². The lowest BCUT2D eigenvalue weighted by atomic mass is 9.96. The SMILES string of the molecule is COc1cccc(N2C(=O)CC[C@]2(C)C(=O)NC2CCCC2)c1. The third-order valence-corrected chi connectivity index (χ3v) is 5.06. The zero-order chi connectivity index (χ0) is 16.4. The highest BCUT2D eigenvalue weighted by atomic mass is 16.5. The zero-order valence-corrected chi connectivity index (χ0v) is 13.8. The van der Waals surface area contributed by atoms with Gasteiger partial charge in [0.15, 0.2) is 0 Å². The Balaban J connectivity index is 1.86. The molecule has 1 aliphatic heterocycles. The molecule has 5 nitrogen and oxygen atoms in total. The summed E-state index contributed by atoms with van der Waals surface area (Å²) in [6, 6.07) is 7.59. The van der Waals surface area contributed by atoms with Crippen LogP contribution in [0.5, 0.6) is 5.75 Å². The van der Waals surface area contributed by atoms with Crippen molar-refractivity contribution < 1.29 is 14.3 Å². The van der Waals surface area contributed by atoms with Crippen molar-refractivity contribution in [1.82, 2.24) is 5.32 Å². The van der Waals surface area contributed by atoms with Crippen molar-refractivity contribution in [2.24, 2.45) is 0 Å². The van der Waals surface area contributed by atoms with Crippen LogP contribution in [-0.2, 0) is 9.59 Å². The summed E-state index contributed by atoms with van der Waals surface area (Å²) < 4.78 is 5.25. The van der Waals surface area contributed by atoms with Gasteiger partial charge in [-0.05, 0) is 38.3 Å². The molecule has 124 valence electrons. The fourth-order valence-electron chi connectivity index (χ4n) is 3.65. The second kappa shape index (κ2) is 6.22. The van der Waals surface area contributed by atoms with Crippen LogP contribution < -0.4 is 15.0 Å². The molecule has 1 heterocycles. The average Bonchev–Trinajstić information content (AvgIpc) is 3.16. The topological polar surface area (TPSA) is 58.6 Å². The Morgan fingerprint density at radius 1 is 1.35 bits per heavy atom. The largest absolute Gasteiger partial charge is 0.497 e. The van der Waals surface area contributed by atoms with E-state index >= 15 is 0 Å². The Bertz CT molecular complexity index is 610. The van der Waals surface area contributed by atoms with Crippen molar-refractivity contribution in [1.29, 1.82) is 0 Å². The standard InChI is InChI=1S/C18H24N2O3/c1-18(17(22)19-13-6-3-4-7-13)11-10-16(21)20(18)14-8-5-9-15(12-14)23-2/h5,8-9,12-13H,3-4,6-7,10-11H2,1-2H3,(H,19,22)/t18-/m1/s1. The van der Waals surface area contributed by atoms with Crippen LogP contribution in [0.2, 0.25) is 0 Å². The van der Waals surface area contributed by atoms with Crippen molar-refractivity contribution >= 4 is 17.5 Å². The molecular formula is C18H24N2O3. The Labute approximate surface area is 137 Å². The van der Waals surface area contributed by atoms with Gasteiger partial charge in [0.25, 0.3) is 0 Å². The molecule has 1 saturated heterocycles. The molecule has 0 radical (unpaired) electrons. The number of rotatable bonds is 4. The minimum atomic E-state index is -0.827. The molecule has 23 heavy (non-hydrogen) atoms. The number of anilines is 1. The van der Waals surface area contributed by atoms with Crippen LogP contribution in [0.4, 0.5) is 5.69 Å². The summed E-state index contributed by atoms with van der Waals surface area (Å²) in [4.78, 5) is 26.9. The van der Waals surface area contributed by atoms with Crippen molar-refractivity contribution in [3.05, 3.63) is 24.3 Å². The van der Waals surface area contributed by atoms with Gasteiger partial charge in [-0.1, -0.05) is 18.9 Å². The molecule has 2 fully saturated rings. The summed E-state index contributed by atoms with van der Waals surface area (Å²) in [7, 11) is 1.59. The van der Waals surface area contributed by atoms with Gasteiger partial charge in [-0.2, -0.15) is 0 Å². The summed E-state index contributed by atoms with van der Waals surface area (Å²) in [6.07, 6.45) is 5.34. The van der Waals surface area contributed by atoms with Gasteiger partial charge in [0.05, 0.1) is 7.11 Å². The third-order valence-electron chi connectivity index (χ3n) is 5.06. The van der Waals surface area contributed by atoms with Gasteiger partial charge in [0, 0.05) is 24.2 Å². The lowest BCUT2D eigenvalue weighted by Crippen LogP contribution is -2.56. The van der Waals surface area contributed by atoms with Gasteiger partial charge >= 0.3 is 0 Å². The van der Waals surface area contributed by atoms with Crippen molar-refractivity contribution in [2.75, 3.05) is 12.0 Å². The molecule has 2 aliphatic rings. The minimum absolute atomic E-state index is 0.0117. The molecule has 1 N–H and O–H groups in total. The smallest absolute Gasteiger partial charge is 0.246 e. The highest BCUT2D eigenvalue weighted by Gasteiger charge is 2.48. The highest BCUT2D eigenvalue weighted by molar-refractivity contribution is 6.06. The maximum Gasteiger partial charge on any atom is 0.246 e. The van der Waals surface area contributed by atoms with E-state index in [1.165, 1.54) is 12.8 Å². The van der Waals surface area contributed by atoms with E-state index < -0.39 is 5.54 Å². The predicted molar refractivity (Wildman–Crippen MR) is 88.5 cm³/mol. The molecular weight excluding hydrogens is 292 g/mol. The van der Waals surface area contributed by atoms with Crippen LogP contribution in [0.1, 0.15) is 45.4 Å². The molecule has 1 aliphatic carbocycles. The van der Waals surface area contributed by atoms with Crippen LogP contribution in [0, 0.1) is 0 Å². The molecule has 0 unspecified atom stereocenters.